The number of allylic oxidation sites excluding steroid dienone is 4. The molecule has 0 radical (unpaired) electrons. The second kappa shape index (κ2) is 10.3. The van der Waals surface area contributed by atoms with Gasteiger partial charge in [-0.05, 0) is 72.6 Å². The summed E-state index contributed by atoms with van der Waals surface area (Å²) < 4.78 is 0. The molecule has 1 fully saturated rings. The number of phenols is 1. The Bertz CT molecular complexity index is 1210. The average molecular weight is 484 g/mol. The maximum absolute atomic E-state index is 12.9. The highest BCUT2D eigenvalue weighted by molar-refractivity contribution is 6.21. The molecule has 186 valence electrons. The maximum Gasteiger partial charge on any atom is 0.261 e. The van der Waals surface area contributed by atoms with Crippen molar-refractivity contribution in [3.8, 4) is 5.75 Å². The molecule has 0 aromatic heterocycles. The van der Waals surface area contributed by atoms with Crippen LogP contribution in [-0.2, 0) is 0 Å². The van der Waals surface area contributed by atoms with Gasteiger partial charge in [0.15, 0.2) is 0 Å². The fourth-order valence-electron chi connectivity index (χ4n) is 5.82. The average Bonchev–Trinajstić information content (AvgIpc) is 3.50. The van der Waals surface area contributed by atoms with Crippen molar-refractivity contribution in [3.63, 3.8) is 0 Å². The van der Waals surface area contributed by atoms with Crippen molar-refractivity contribution in [2.45, 2.75) is 51.6 Å². The van der Waals surface area contributed by atoms with E-state index in [1.165, 1.54) is 23.3 Å². The molecule has 36 heavy (non-hydrogen) atoms. The topological polar surface area (TPSA) is 77.8 Å². The predicted molar refractivity (Wildman–Crippen MR) is 140 cm³/mol. The Kier molecular flexibility index (Phi) is 6.92. The van der Waals surface area contributed by atoms with Crippen molar-refractivity contribution in [2.75, 3.05) is 6.54 Å². The third kappa shape index (κ3) is 4.68. The van der Waals surface area contributed by atoms with Crippen molar-refractivity contribution in [2.24, 2.45) is 11.8 Å². The third-order valence-electron chi connectivity index (χ3n) is 7.77. The maximum atomic E-state index is 12.9. The van der Waals surface area contributed by atoms with E-state index in [-0.39, 0.29) is 23.5 Å². The van der Waals surface area contributed by atoms with E-state index in [0.29, 0.717) is 30.0 Å². The van der Waals surface area contributed by atoms with Crippen molar-refractivity contribution < 1.29 is 19.8 Å². The minimum Gasteiger partial charge on any atom is -0.508 e. The molecule has 2 aliphatic carbocycles. The number of hydrogen-bond donors (Lipinski definition) is 2. The second-order valence-electron chi connectivity index (χ2n) is 10.2. The number of phenolic OH excluding ortho intramolecular Hbond substituents is 1. The van der Waals surface area contributed by atoms with Crippen molar-refractivity contribution in [3.05, 3.63) is 94.6 Å². The summed E-state index contributed by atoms with van der Waals surface area (Å²) in [4.78, 5) is 27.1. The molecule has 1 saturated carbocycles. The van der Waals surface area contributed by atoms with E-state index < -0.39 is 6.10 Å². The lowest BCUT2D eigenvalue weighted by Gasteiger charge is -2.26. The molecular weight excluding hydrogens is 450 g/mol. The Morgan fingerprint density at radius 3 is 2.22 bits per heavy atom. The second-order valence-corrected chi connectivity index (χ2v) is 10.2. The van der Waals surface area contributed by atoms with Gasteiger partial charge in [0.2, 0.25) is 0 Å². The van der Waals surface area contributed by atoms with E-state index in [0.717, 1.165) is 36.0 Å². The summed E-state index contributed by atoms with van der Waals surface area (Å²) in [6.45, 7) is 2.40. The van der Waals surface area contributed by atoms with Gasteiger partial charge in [-0.15, -0.1) is 0 Å². The number of imide groups is 1. The van der Waals surface area contributed by atoms with Crippen molar-refractivity contribution in [1.82, 2.24) is 4.90 Å². The summed E-state index contributed by atoms with van der Waals surface area (Å²) in [6, 6.07) is 14.4. The van der Waals surface area contributed by atoms with Crippen LogP contribution in [0, 0.1) is 11.8 Å². The number of aromatic hydroxyl groups is 1. The monoisotopic (exact) mass is 483 g/mol. The molecule has 5 heteroatoms. The number of carbonyl (C=O) groups excluding carboxylic acids is 2. The minimum absolute atomic E-state index is 0.000269. The Hall–Kier alpha value is -3.44. The van der Waals surface area contributed by atoms with Crippen LogP contribution in [0.25, 0.3) is 5.57 Å². The van der Waals surface area contributed by atoms with Gasteiger partial charge in [0, 0.05) is 12.5 Å². The molecule has 5 nitrogen and oxygen atoms in total. The number of rotatable bonds is 7. The largest absolute Gasteiger partial charge is 0.508 e. The van der Waals surface area contributed by atoms with Gasteiger partial charge in [0.05, 0.1) is 17.2 Å². The number of fused-ring (bicyclic) bond motifs is 1. The summed E-state index contributed by atoms with van der Waals surface area (Å²) >= 11 is 0. The lowest BCUT2D eigenvalue weighted by atomic mass is 9.80. The number of aliphatic hydroxyl groups excluding tert-OH is 1. The van der Waals surface area contributed by atoms with E-state index >= 15 is 0 Å². The van der Waals surface area contributed by atoms with Crippen LogP contribution in [0.5, 0.6) is 5.75 Å². The molecular formula is C31H33NO4. The molecule has 2 unspecified atom stereocenters. The number of amides is 2. The standard InChI is InChI=1S/C31H33NO4/c1-20-19-23(14-17-28(20)34)29(22-12-15-24(33)16-13-22)25(21-7-2-3-8-21)11-6-18-32-30(35)26-9-4-5-10-27(26)31(32)36/h4-5,9-10,12-17,19-21,28,33-34H,2-3,6-8,11,18H2,1H3. The summed E-state index contributed by atoms with van der Waals surface area (Å²) in [5, 5.41) is 20.2. The van der Waals surface area contributed by atoms with Gasteiger partial charge in [-0.1, -0.05) is 67.8 Å². The Morgan fingerprint density at radius 1 is 0.972 bits per heavy atom. The molecule has 5 rings (SSSR count). The summed E-state index contributed by atoms with van der Waals surface area (Å²) in [5.74, 6) is 0.249. The van der Waals surface area contributed by atoms with Crippen molar-refractivity contribution >= 4 is 17.4 Å². The van der Waals surface area contributed by atoms with Crippen LogP contribution in [0.15, 0.2) is 77.9 Å². The summed E-state index contributed by atoms with van der Waals surface area (Å²) in [5.41, 5.74) is 5.59. The molecule has 2 amide bonds. The molecule has 2 atom stereocenters. The van der Waals surface area contributed by atoms with Crippen LogP contribution >= 0.6 is 0 Å². The molecule has 1 heterocycles. The quantitative estimate of drug-likeness (QED) is 0.480. The van der Waals surface area contributed by atoms with E-state index in [1.54, 1.807) is 36.4 Å². The molecule has 2 N–H and O–H groups in total. The first kappa shape index (κ1) is 24.3. The van der Waals surface area contributed by atoms with Gasteiger partial charge >= 0.3 is 0 Å². The van der Waals surface area contributed by atoms with E-state index in [1.807, 2.05) is 31.2 Å². The van der Waals surface area contributed by atoms with Gasteiger partial charge < -0.3 is 10.2 Å². The first-order chi connectivity index (χ1) is 17.4. The van der Waals surface area contributed by atoms with E-state index in [4.69, 9.17) is 0 Å². The first-order valence-electron chi connectivity index (χ1n) is 13.0. The van der Waals surface area contributed by atoms with Crippen LogP contribution in [-0.4, -0.2) is 39.6 Å². The van der Waals surface area contributed by atoms with Crippen LogP contribution < -0.4 is 0 Å². The lowest BCUT2D eigenvalue weighted by molar-refractivity contribution is 0.0652. The van der Waals surface area contributed by atoms with E-state index in [9.17, 15) is 19.8 Å². The van der Waals surface area contributed by atoms with Crippen LogP contribution in [0.4, 0.5) is 0 Å². The Labute approximate surface area is 212 Å². The number of carbonyl (C=O) groups is 2. The smallest absolute Gasteiger partial charge is 0.261 e. The number of hydrogen-bond acceptors (Lipinski definition) is 4. The third-order valence-corrected chi connectivity index (χ3v) is 7.77. The molecule has 0 saturated heterocycles. The fraction of sp³-hybridized carbons (Fsp3) is 0.355. The van der Waals surface area contributed by atoms with Gasteiger partial charge in [-0.3, -0.25) is 14.5 Å². The van der Waals surface area contributed by atoms with Crippen LogP contribution in [0.1, 0.15) is 71.7 Å². The molecule has 0 spiro atoms. The highest BCUT2D eigenvalue weighted by Gasteiger charge is 2.35. The molecule has 1 aliphatic heterocycles. The summed E-state index contributed by atoms with van der Waals surface area (Å²) in [6.07, 6.45) is 11.6. The lowest BCUT2D eigenvalue weighted by Crippen LogP contribution is -2.30. The minimum atomic E-state index is -0.501. The zero-order valence-corrected chi connectivity index (χ0v) is 20.7. The highest BCUT2D eigenvalue weighted by Crippen LogP contribution is 2.42. The number of nitrogens with zero attached hydrogens (tertiary/aromatic N) is 1. The van der Waals surface area contributed by atoms with Crippen LogP contribution in [0.3, 0.4) is 0 Å². The zero-order valence-electron chi connectivity index (χ0n) is 20.7. The summed E-state index contributed by atoms with van der Waals surface area (Å²) in [7, 11) is 0. The van der Waals surface area contributed by atoms with Gasteiger partial charge in [0.25, 0.3) is 11.8 Å². The Balaban J connectivity index is 1.47. The molecule has 0 bridgehead atoms. The molecule has 3 aliphatic rings. The van der Waals surface area contributed by atoms with Gasteiger partial charge in [0.1, 0.15) is 5.75 Å². The zero-order chi connectivity index (χ0) is 25.2. The predicted octanol–water partition coefficient (Wildman–Crippen LogP) is 5.91. The number of benzene rings is 2. The SMILES string of the molecule is CC1C=C(C(=C(CCCN2C(=O)c3ccccc3C2=O)C2CCCC2)c2ccc(O)cc2)C=CC1O. The van der Waals surface area contributed by atoms with Crippen LogP contribution in [0.2, 0.25) is 0 Å². The highest BCUT2D eigenvalue weighted by atomic mass is 16.3. The van der Waals surface area contributed by atoms with Gasteiger partial charge in [-0.25, -0.2) is 0 Å². The Morgan fingerprint density at radius 2 is 1.61 bits per heavy atom. The van der Waals surface area contributed by atoms with E-state index in [2.05, 4.69) is 6.08 Å². The van der Waals surface area contributed by atoms with Crippen molar-refractivity contribution in [1.29, 1.82) is 0 Å². The number of aliphatic hydroxyl groups is 1. The van der Waals surface area contributed by atoms with Gasteiger partial charge in [-0.2, -0.15) is 0 Å². The first-order valence-corrected chi connectivity index (χ1v) is 13.0. The molecule has 2 aromatic rings. The fourth-order valence-corrected chi connectivity index (χ4v) is 5.82. The molecule has 2 aromatic carbocycles. The normalized spacial score (nSPS) is 22.6.